The van der Waals surface area contributed by atoms with Crippen molar-refractivity contribution in [2.24, 2.45) is 0 Å². The average Bonchev–Trinajstić information content (AvgIpc) is 2.58. The van der Waals surface area contributed by atoms with E-state index in [9.17, 15) is 29.8 Å². The van der Waals surface area contributed by atoms with Crippen LogP contribution in [0.25, 0.3) is 0 Å². The number of ketones is 1. The van der Waals surface area contributed by atoms with Crippen LogP contribution in [0.4, 0.5) is 17.1 Å². The Kier molecular flexibility index (Phi) is 5.03. The standard InChI is InChI=1S/C15H11N3O7/c19-13(20)8-16-11-6-2-1-4-9(11)15(21)10-5-3-7-12(17(22)23)14(10)18(24)25/h1-7,16H,8H2,(H,19,20). The number of carboxylic acids is 1. The molecule has 0 amide bonds. The molecule has 0 saturated carbocycles. The molecule has 0 unspecified atom stereocenters. The number of nitrogens with zero attached hydrogens (tertiary/aromatic N) is 2. The summed E-state index contributed by atoms with van der Waals surface area (Å²) >= 11 is 0. The maximum absolute atomic E-state index is 12.7. The van der Waals surface area contributed by atoms with Crippen molar-refractivity contribution in [3.63, 3.8) is 0 Å². The third-order valence-corrected chi connectivity index (χ3v) is 3.24. The minimum Gasteiger partial charge on any atom is -0.480 e. The summed E-state index contributed by atoms with van der Waals surface area (Å²) in [7, 11) is 0. The van der Waals surface area contributed by atoms with E-state index in [1.807, 2.05) is 0 Å². The maximum Gasteiger partial charge on any atom is 0.357 e. The van der Waals surface area contributed by atoms with Crippen LogP contribution in [0.15, 0.2) is 42.5 Å². The molecule has 128 valence electrons. The number of anilines is 1. The van der Waals surface area contributed by atoms with Gasteiger partial charge in [-0.3, -0.25) is 29.8 Å². The zero-order chi connectivity index (χ0) is 18.6. The number of nitro groups is 2. The molecule has 0 radical (unpaired) electrons. The highest BCUT2D eigenvalue weighted by atomic mass is 16.6. The lowest BCUT2D eigenvalue weighted by molar-refractivity contribution is -0.422. The second-order valence-electron chi connectivity index (χ2n) is 4.81. The molecule has 2 rings (SSSR count). The maximum atomic E-state index is 12.7. The zero-order valence-electron chi connectivity index (χ0n) is 12.5. The number of carbonyl (C=O) groups excluding carboxylic acids is 1. The number of carbonyl (C=O) groups is 2. The molecule has 0 aliphatic heterocycles. The molecule has 0 atom stereocenters. The van der Waals surface area contributed by atoms with Gasteiger partial charge in [-0.2, -0.15) is 0 Å². The molecule has 2 aromatic rings. The van der Waals surface area contributed by atoms with Crippen molar-refractivity contribution in [3.05, 3.63) is 73.8 Å². The van der Waals surface area contributed by atoms with Gasteiger partial charge in [-0.1, -0.05) is 18.2 Å². The van der Waals surface area contributed by atoms with Gasteiger partial charge in [0.05, 0.1) is 9.85 Å². The fourth-order valence-electron chi connectivity index (χ4n) is 2.20. The molecule has 0 aliphatic rings. The topological polar surface area (TPSA) is 153 Å². The van der Waals surface area contributed by atoms with Crippen molar-refractivity contribution in [1.29, 1.82) is 0 Å². The predicted molar refractivity (Wildman–Crippen MR) is 85.8 cm³/mol. The summed E-state index contributed by atoms with van der Waals surface area (Å²) in [6.45, 7) is -0.471. The minimum absolute atomic E-state index is 0.0349. The number of para-hydroxylation sites is 2. The Bertz CT molecular complexity index is 879. The SMILES string of the molecule is O=C(O)CNc1ccccc1C(=O)c1cccc([N+](=O)[O-])c1[N+](=O)[O-]. The van der Waals surface area contributed by atoms with Crippen LogP contribution >= 0.6 is 0 Å². The van der Waals surface area contributed by atoms with E-state index in [1.165, 1.54) is 24.3 Å². The van der Waals surface area contributed by atoms with E-state index >= 15 is 0 Å². The quantitative estimate of drug-likeness (QED) is 0.440. The molecule has 10 nitrogen and oxygen atoms in total. The molecule has 2 aromatic carbocycles. The van der Waals surface area contributed by atoms with E-state index in [4.69, 9.17) is 5.11 Å². The predicted octanol–water partition coefficient (Wildman–Crippen LogP) is 2.23. The van der Waals surface area contributed by atoms with Gasteiger partial charge in [-0.25, -0.2) is 0 Å². The Morgan fingerprint density at radius 3 is 2.20 bits per heavy atom. The van der Waals surface area contributed by atoms with E-state index in [0.29, 0.717) is 0 Å². The van der Waals surface area contributed by atoms with Crippen molar-refractivity contribution in [2.45, 2.75) is 0 Å². The lowest BCUT2D eigenvalue weighted by Gasteiger charge is -2.10. The Morgan fingerprint density at radius 1 is 0.960 bits per heavy atom. The van der Waals surface area contributed by atoms with Gasteiger partial charge in [-0.15, -0.1) is 0 Å². The number of rotatable bonds is 7. The fraction of sp³-hybridized carbons (Fsp3) is 0.0667. The number of hydrogen-bond donors (Lipinski definition) is 2. The number of benzene rings is 2. The molecule has 25 heavy (non-hydrogen) atoms. The van der Waals surface area contributed by atoms with Gasteiger partial charge in [0, 0.05) is 17.3 Å². The number of aliphatic carboxylic acids is 1. The first-order valence-corrected chi connectivity index (χ1v) is 6.84. The molecule has 0 spiro atoms. The van der Waals surface area contributed by atoms with Gasteiger partial charge in [0.25, 0.3) is 0 Å². The highest BCUT2D eigenvalue weighted by Crippen LogP contribution is 2.33. The first-order chi connectivity index (χ1) is 11.8. The van der Waals surface area contributed by atoms with Crippen molar-refractivity contribution in [1.82, 2.24) is 0 Å². The largest absolute Gasteiger partial charge is 0.480 e. The Hall–Kier alpha value is -3.82. The molecule has 0 heterocycles. The number of hydrogen-bond acceptors (Lipinski definition) is 7. The first kappa shape index (κ1) is 17.5. The average molecular weight is 345 g/mol. The lowest BCUT2D eigenvalue weighted by Crippen LogP contribution is -2.15. The van der Waals surface area contributed by atoms with Crippen LogP contribution in [0.5, 0.6) is 0 Å². The summed E-state index contributed by atoms with van der Waals surface area (Å²) in [5.41, 5.74) is -2.05. The number of nitrogens with one attached hydrogen (secondary N) is 1. The normalized spacial score (nSPS) is 10.1. The van der Waals surface area contributed by atoms with Crippen LogP contribution in [0, 0.1) is 20.2 Å². The van der Waals surface area contributed by atoms with Gasteiger partial charge in [-0.05, 0) is 18.2 Å². The third kappa shape index (κ3) is 3.75. The molecule has 2 N–H and O–H groups in total. The minimum atomic E-state index is -1.16. The van der Waals surface area contributed by atoms with Crippen LogP contribution in [-0.2, 0) is 4.79 Å². The summed E-state index contributed by atoms with van der Waals surface area (Å²) in [6, 6.07) is 9.02. The van der Waals surface area contributed by atoms with Gasteiger partial charge in [0.15, 0.2) is 0 Å². The summed E-state index contributed by atoms with van der Waals surface area (Å²) < 4.78 is 0. The van der Waals surface area contributed by atoms with E-state index in [0.717, 1.165) is 12.1 Å². The van der Waals surface area contributed by atoms with Gasteiger partial charge in [0.1, 0.15) is 12.1 Å². The molecule has 0 saturated heterocycles. The summed E-state index contributed by atoms with van der Waals surface area (Å²) in [5, 5.41) is 33.5. The van der Waals surface area contributed by atoms with Crippen molar-refractivity contribution in [3.8, 4) is 0 Å². The highest BCUT2D eigenvalue weighted by Gasteiger charge is 2.32. The highest BCUT2D eigenvalue weighted by molar-refractivity contribution is 6.15. The smallest absolute Gasteiger partial charge is 0.357 e. The monoisotopic (exact) mass is 345 g/mol. The number of nitro benzene ring substituents is 2. The van der Waals surface area contributed by atoms with Crippen LogP contribution in [0.2, 0.25) is 0 Å². The molecule has 0 fully saturated rings. The van der Waals surface area contributed by atoms with Gasteiger partial charge in [0.2, 0.25) is 5.78 Å². The zero-order valence-corrected chi connectivity index (χ0v) is 12.5. The van der Waals surface area contributed by atoms with Crippen LogP contribution in [0.1, 0.15) is 15.9 Å². The van der Waals surface area contributed by atoms with E-state index in [-0.39, 0.29) is 11.3 Å². The third-order valence-electron chi connectivity index (χ3n) is 3.24. The van der Waals surface area contributed by atoms with Crippen LogP contribution in [0.3, 0.4) is 0 Å². The van der Waals surface area contributed by atoms with Crippen LogP contribution < -0.4 is 5.32 Å². The summed E-state index contributed by atoms with van der Waals surface area (Å²) in [5.74, 6) is -1.99. The Balaban J connectivity index is 2.56. The van der Waals surface area contributed by atoms with Crippen LogP contribution in [-0.4, -0.2) is 33.3 Å². The van der Waals surface area contributed by atoms with Gasteiger partial charge < -0.3 is 10.4 Å². The second-order valence-corrected chi connectivity index (χ2v) is 4.81. The number of carboxylic acid groups (broad SMARTS) is 1. The van der Waals surface area contributed by atoms with Crippen molar-refractivity contribution in [2.75, 3.05) is 11.9 Å². The molecule has 0 bridgehead atoms. The molecule has 0 aromatic heterocycles. The van der Waals surface area contributed by atoms with E-state index in [1.54, 1.807) is 6.07 Å². The van der Waals surface area contributed by atoms with Crippen molar-refractivity contribution >= 4 is 28.8 Å². The molecular formula is C15H11N3O7. The van der Waals surface area contributed by atoms with E-state index < -0.39 is 45.1 Å². The van der Waals surface area contributed by atoms with Crippen molar-refractivity contribution < 1.29 is 24.5 Å². The molecule has 10 heteroatoms. The first-order valence-electron chi connectivity index (χ1n) is 6.84. The Labute approximate surface area is 140 Å². The molecular weight excluding hydrogens is 334 g/mol. The summed E-state index contributed by atoms with van der Waals surface area (Å²) in [6.07, 6.45) is 0. The second kappa shape index (κ2) is 7.17. The summed E-state index contributed by atoms with van der Waals surface area (Å²) in [4.78, 5) is 43.7. The van der Waals surface area contributed by atoms with E-state index in [2.05, 4.69) is 5.32 Å². The lowest BCUT2D eigenvalue weighted by atomic mass is 9.99. The molecule has 0 aliphatic carbocycles. The Morgan fingerprint density at radius 2 is 1.60 bits per heavy atom. The fourth-order valence-corrected chi connectivity index (χ4v) is 2.20. The van der Waals surface area contributed by atoms with Gasteiger partial charge >= 0.3 is 17.3 Å².